The van der Waals surface area contributed by atoms with Gasteiger partial charge in [0, 0.05) is 16.6 Å². The number of amides is 1. The predicted molar refractivity (Wildman–Crippen MR) is 123 cm³/mol. The molecule has 2 aliphatic rings. The van der Waals surface area contributed by atoms with E-state index in [0.29, 0.717) is 34.5 Å². The lowest BCUT2D eigenvalue weighted by Crippen LogP contribution is -2.50. The summed E-state index contributed by atoms with van der Waals surface area (Å²) in [6, 6.07) is 17.6. The Bertz CT molecular complexity index is 1290. The molecule has 5 rings (SSSR count). The third-order valence-electron chi connectivity index (χ3n) is 5.81. The van der Waals surface area contributed by atoms with E-state index in [1.807, 2.05) is 24.3 Å². The number of halogens is 1. The summed E-state index contributed by atoms with van der Waals surface area (Å²) >= 11 is 6.09. The normalized spacial score (nSPS) is 21.0. The molecule has 3 aromatic rings. The molecule has 2 aromatic carbocycles. The standard InChI is InChI=1S/C24H22ClNO6S/c25-17-5-3-4-16(12-17)20-9-8-19(31-20)13-26(18-10-11-33(28,29)15-18)24(27)23-14-30-21-6-1-2-7-22(21)32-23/h1-9,12,18,23H,10-11,13-15H2. The van der Waals surface area contributed by atoms with Crippen molar-refractivity contribution in [3.05, 3.63) is 71.4 Å². The fraction of sp³-hybridized carbons (Fsp3) is 0.292. The van der Waals surface area contributed by atoms with Crippen molar-refractivity contribution in [1.29, 1.82) is 0 Å². The molecule has 1 saturated heterocycles. The Morgan fingerprint density at radius 3 is 2.64 bits per heavy atom. The number of furan rings is 1. The number of carbonyl (C=O) groups is 1. The van der Waals surface area contributed by atoms with Gasteiger partial charge in [-0.05, 0) is 42.8 Å². The third kappa shape index (κ3) is 4.72. The number of fused-ring (bicyclic) bond motifs is 1. The van der Waals surface area contributed by atoms with Crippen molar-refractivity contribution in [2.24, 2.45) is 0 Å². The van der Waals surface area contributed by atoms with Crippen LogP contribution in [0.3, 0.4) is 0 Å². The van der Waals surface area contributed by atoms with Gasteiger partial charge in [-0.2, -0.15) is 0 Å². The molecule has 0 saturated carbocycles. The van der Waals surface area contributed by atoms with Gasteiger partial charge in [-0.3, -0.25) is 4.79 Å². The van der Waals surface area contributed by atoms with E-state index < -0.39 is 22.0 Å². The monoisotopic (exact) mass is 487 g/mol. The quantitative estimate of drug-likeness (QED) is 0.541. The molecule has 0 aliphatic carbocycles. The second kappa shape index (κ2) is 8.76. The van der Waals surface area contributed by atoms with Crippen LogP contribution in [0.25, 0.3) is 11.3 Å². The van der Waals surface area contributed by atoms with Gasteiger partial charge in [0.2, 0.25) is 6.10 Å². The number of hydrogen-bond acceptors (Lipinski definition) is 6. The fourth-order valence-electron chi connectivity index (χ4n) is 4.16. The molecular formula is C24H22ClNO6S. The van der Waals surface area contributed by atoms with Gasteiger partial charge in [0.15, 0.2) is 21.3 Å². The zero-order valence-corrected chi connectivity index (χ0v) is 19.2. The van der Waals surface area contributed by atoms with E-state index in [-0.39, 0.29) is 30.6 Å². The zero-order valence-electron chi connectivity index (χ0n) is 17.6. The molecule has 3 heterocycles. The number of hydrogen-bond donors (Lipinski definition) is 0. The second-order valence-corrected chi connectivity index (χ2v) is 10.8. The van der Waals surface area contributed by atoms with Crippen molar-refractivity contribution in [1.82, 2.24) is 4.90 Å². The highest BCUT2D eigenvalue weighted by Gasteiger charge is 2.39. The summed E-state index contributed by atoms with van der Waals surface area (Å²) in [4.78, 5) is 15.0. The number of carbonyl (C=O) groups excluding carboxylic acids is 1. The SMILES string of the molecule is O=C(C1COc2ccccc2O1)N(Cc1ccc(-c2cccc(Cl)c2)o1)C1CCS(=O)(=O)C1. The van der Waals surface area contributed by atoms with Crippen LogP contribution in [-0.2, 0) is 21.2 Å². The third-order valence-corrected chi connectivity index (χ3v) is 7.80. The minimum atomic E-state index is -3.20. The number of nitrogens with zero attached hydrogens (tertiary/aromatic N) is 1. The van der Waals surface area contributed by atoms with Crippen LogP contribution in [-0.4, -0.2) is 49.5 Å². The summed E-state index contributed by atoms with van der Waals surface area (Å²) in [6.07, 6.45) is -0.495. The molecule has 0 spiro atoms. The van der Waals surface area contributed by atoms with E-state index in [2.05, 4.69) is 0 Å². The van der Waals surface area contributed by atoms with Crippen molar-refractivity contribution in [2.45, 2.75) is 25.1 Å². The van der Waals surface area contributed by atoms with Crippen molar-refractivity contribution < 1.29 is 27.1 Å². The highest BCUT2D eigenvalue weighted by Crippen LogP contribution is 2.33. The van der Waals surface area contributed by atoms with Crippen molar-refractivity contribution in [2.75, 3.05) is 18.1 Å². The molecule has 2 aliphatic heterocycles. The van der Waals surface area contributed by atoms with E-state index in [1.54, 1.807) is 41.3 Å². The summed E-state index contributed by atoms with van der Waals surface area (Å²) in [6.45, 7) is 0.179. The summed E-state index contributed by atoms with van der Waals surface area (Å²) < 4.78 is 41.9. The first-order valence-corrected chi connectivity index (χ1v) is 12.8. The highest BCUT2D eigenvalue weighted by atomic mass is 35.5. The van der Waals surface area contributed by atoms with E-state index in [0.717, 1.165) is 5.56 Å². The molecule has 9 heteroatoms. The predicted octanol–water partition coefficient (Wildman–Crippen LogP) is 3.96. The van der Waals surface area contributed by atoms with E-state index >= 15 is 0 Å². The van der Waals surface area contributed by atoms with Crippen LogP contribution >= 0.6 is 11.6 Å². The highest BCUT2D eigenvalue weighted by molar-refractivity contribution is 7.91. The number of sulfone groups is 1. The second-order valence-electron chi connectivity index (χ2n) is 8.16. The number of rotatable bonds is 5. The first kappa shape index (κ1) is 21.9. The first-order valence-electron chi connectivity index (χ1n) is 10.6. The topological polar surface area (TPSA) is 86.1 Å². The molecule has 1 amide bonds. The lowest BCUT2D eigenvalue weighted by atomic mass is 10.1. The molecule has 2 atom stereocenters. The maximum atomic E-state index is 13.5. The van der Waals surface area contributed by atoms with Crippen LogP contribution < -0.4 is 9.47 Å². The molecule has 33 heavy (non-hydrogen) atoms. The van der Waals surface area contributed by atoms with Crippen LogP contribution in [0.1, 0.15) is 12.2 Å². The van der Waals surface area contributed by atoms with E-state index in [4.69, 9.17) is 25.5 Å². The molecule has 0 N–H and O–H groups in total. The van der Waals surface area contributed by atoms with Gasteiger partial charge in [-0.25, -0.2) is 8.42 Å². The van der Waals surface area contributed by atoms with Gasteiger partial charge in [0.25, 0.3) is 5.91 Å². The zero-order chi connectivity index (χ0) is 23.0. The Kier molecular flexibility index (Phi) is 5.80. The average Bonchev–Trinajstić information content (AvgIpc) is 3.42. The lowest BCUT2D eigenvalue weighted by molar-refractivity contribution is -0.144. The van der Waals surface area contributed by atoms with Crippen molar-refractivity contribution >= 4 is 27.3 Å². The Balaban J connectivity index is 1.39. The molecule has 2 unspecified atom stereocenters. The molecule has 7 nitrogen and oxygen atoms in total. The van der Waals surface area contributed by atoms with E-state index in [1.165, 1.54) is 0 Å². The summed E-state index contributed by atoms with van der Waals surface area (Å²) in [7, 11) is -3.20. The van der Waals surface area contributed by atoms with Gasteiger partial charge in [0.1, 0.15) is 18.1 Å². The molecule has 1 fully saturated rings. The Morgan fingerprint density at radius 2 is 1.88 bits per heavy atom. The van der Waals surface area contributed by atoms with E-state index in [9.17, 15) is 13.2 Å². The summed E-state index contributed by atoms with van der Waals surface area (Å²) in [5.41, 5.74) is 0.815. The van der Waals surface area contributed by atoms with Crippen LogP contribution in [0.4, 0.5) is 0 Å². The summed E-state index contributed by atoms with van der Waals surface area (Å²) in [5.74, 6) is 1.87. The van der Waals surface area contributed by atoms with Gasteiger partial charge >= 0.3 is 0 Å². The van der Waals surface area contributed by atoms with Crippen LogP contribution in [0.5, 0.6) is 11.5 Å². The minimum Gasteiger partial charge on any atom is -0.485 e. The van der Waals surface area contributed by atoms with Crippen LogP contribution in [0, 0.1) is 0 Å². The molecule has 0 bridgehead atoms. The smallest absolute Gasteiger partial charge is 0.267 e. The largest absolute Gasteiger partial charge is 0.485 e. The summed E-state index contributed by atoms with van der Waals surface area (Å²) in [5, 5.41) is 0.591. The average molecular weight is 488 g/mol. The molecule has 0 radical (unpaired) electrons. The van der Waals surface area contributed by atoms with Gasteiger partial charge < -0.3 is 18.8 Å². The van der Waals surface area contributed by atoms with Gasteiger partial charge in [0.05, 0.1) is 18.1 Å². The minimum absolute atomic E-state index is 0.0533. The molecule has 172 valence electrons. The Hall–Kier alpha value is -2.97. The molecule has 1 aromatic heterocycles. The fourth-order valence-corrected chi connectivity index (χ4v) is 6.08. The maximum absolute atomic E-state index is 13.5. The Morgan fingerprint density at radius 1 is 1.06 bits per heavy atom. The van der Waals surface area contributed by atoms with Gasteiger partial charge in [-0.1, -0.05) is 35.9 Å². The van der Waals surface area contributed by atoms with Crippen LogP contribution in [0.2, 0.25) is 5.02 Å². The van der Waals surface area contributed by atoms with Crippen LogP contribution in [0.15, 0.2) is 65.1 Å². The van der Waals surface area contributed by atoms with Crippen molar-refractivity contribution in [3.8, 4) is 22.8 Å². The number of para-hydroxylation sites is 2. The Labute approximate surface area is 196 Å². The maximum Gasteiger partial charge on any atom is 0.267 e. The first-order chi connectivity index (χ1) is 15.9. The lowest BCUT2D eigenvalue weighted by Gasteiger charge is -2.33. The van der Waals surface area contributed by atoms with Gasteiger partial charge in [-0.15, -0.1) is 0 Å². The number of benzene rings is 2. The molecular weight excluding hydrogens is 466 g/mol. The van der Waals surface area contributed by atoms with Crippen molar-refractivity contribution in [3.63, 3.8) is 0 Å². The number of ether oxygens (including phenoxy) is 2.